The van der Waals surface area contributed by atoms with E-state index in [9.17, 15) is 4.57 Å². The Morgan fingerprint density at radius 2 is 1.21 bits per heavy atom. The summed E-state index contributed by atoms with van der Waals surface area (Å²) < 4.78 is 14.0. The van der Waals surface area contributed by atoms with Gasteiger partial charge in [0.2, 0.25) is 7.29 Å². The second kappa shape index (κ2) is 7.17. The van der Waals surface area contributed by atoms with E-state index in [1.54, 1.807) is 0 Å². The third-order valence-electron chi connectivity index (χ3n) is 4.27. The van der Waals surface area contributed by atoms with Crippen molar-refractivity contribution >= 4 is 17.9 Å². The van der Waals surface area contributed by atoms with Crippen LogP contribution in [0.3, 0.4) is 0 Å². The molecule has 1 N–H and O–H groups in total. The molecule has 0 saturated heterocycles. The molecule has 0 heterocycles. The molecular weight excluding hydrogens is 313 g/mol. The third-order valence-corrected chi connectivity index (χ3v) is 7.07. The van der Waals surface area contributed by atoms with Crippen LogP contribution in [0.5, 0.6) is 0 Å². The monoisotopic (exact) mass is 335 g/mol. The first-order valence-corrected chi connectivity index (χ1v) is 9.86. The van der Waals surface area contributed by atoms with Crippen LogP contribution in [-0.4, -0.2) is 0 Å². The molecule has 0 fully saturated rings. The van der Waals surface area contributed by atoms with Crippen molar-refractivity contribution in [2.75, 3.05) is 0 Å². The van der Waals surface area contributed by atoms with Crippen LogP contribution in [-0.2, 0) is 4.57 Å². The van der Waals surface area contributed by atoms with Gasteiger partial charge in [0.15, 0.2) is 0 Å². The molecule has 0 aliphatic carbocycles. The van der Waals surface area contributed by atoms with Crippen LogP contribution in [0.15, 0.2) is 84.9 Å². The van der Waals surface area contributed by atoms with Crippen LogP contribution in [0.25, 0.3) is 0 Å². The highest BCUT2D eigenvalue weighted by Crippen LogP contribution is 2.41. The normalized spacial score (nSPS) is 12.8. The minimum absolute atomic E-state index is 0.0163. The summed E-state index contributed by atoms with van der Waals surface area (Å²) in [4.78, 5) is 0. The first-order chi connectivity index (χ1) is 11.6. The van der Waals surface area contributed by atoms with E-state index < -0.39 is 7.29 Å². The molecule has 3 rings (SSSR count). The first-order valence-electron chi connectivity index (χ1n) is 8.16. The van der Waals surface area contributed by atoms with Gasteiger partial charge in [-0.15, -0.1) is 0 Å². The number of rotatable bonds is 5. The van der Waals surface area contributed by atoms with Gasteiger partial charge in [0, 0.05) is 16.7 Å². The van der Waals surface area contributed by atoms with E-state index in [0.29, 0.717) is 0 Å². The molecule has 24 heavy (non-hydrogen) atoms. The van der Waals surface area contributed by atoms with Crippen molar-refractivity contribution < 1.29 is 4.57 Å². The van der Waals surface area contributed by atoms with Crippen LogP contribution in [0.2, 0.25) is 0 Å². The lowest BCUT2D eigenvalue weighted by Crippen LogP contribution is -2.29. The smallest absolute Gasteiger partial charge is 0.205 e. The molecule has 0 saturated carbocycles. The van der Waals surface area contributed by atoms with E-state index in [1.807, 2.05) is 72.8 Å². The molecule has 2 nitrogen and oxygen atoms in total. The summed E-state index contributed by atoms with van der Waals surface area (Å²) in [5.41, 5.74) is 2.37. The second-order valence-electron chi connectivity index (χ2n) is 5.99. The number of hydrogen-bond donors (Lipinski definition) is 1. The Hall–Kier alpha value is -2.15. The van der Waals surface area contributed by atoms with E-state index in [1.165, 1.54) is 11.1 Å². The van der Waals surface area contributed by atoms with Crippen molar-refractivity contribution in [3.05, 3.63) is 96.1 Å². The zero-order valence-corrected chi connectivity index (χ0v) is 14.9. The molecule has 3 aromatic carbocycles. The van der Waals surface area contributed by atoms with E-state index in [4.69, 9.17) is 0 Å². The van der Waals surface area contributed by atoms with Gasteiger partial charge in [-0.25, -0.2) is 0 Å². The zero-order valence-electron chi connectivity index (χ0n) is 14.0. The molecule has 0 bridgehead atoms. The lowest BCUT2D eigenvalue weighted by Gasteiger charge is -2.26. The highest BCUT2D eigenvalue weighted by Gasteiger charge is 2.29. The van der Waals surface area contributed by atoms with Gasteiger partial charge in [-0.1, -0.05) is 60.7 Å². The van der Waals surface area contributed by atoms with E-state index in [0.717, 1.165) is 10.6 Å². The van der Waals surface area contributed by atoms with Gasteiger partial charge < -0.3 is 0 Å². The van der Waals surface area contributed by atoms with E-state index in [2.05, 4.69) is 31.1 Å². The van der Waals surface area contributed by atoms with Crippen molar-refractivity contribution in [1.29, 1.82) is 0 Å². The number of nitrogens with one attached hydrogen (secondary N) is 1. The molecule has 0 radical (unpaired) electrons. The van der Waals surface area contributed by atoms with Crippen molar-refractivity contribution in [3.8, 4) is 0 Å². The van der Waals surface area contributed by atoms with Crippen LogP contribution >= 0.6 is 7.29 Å². The van der Waals surface area contributed by atoms with Gasteiger partial charge in [0.25, 0.3) is 0 Å². The average molecular weight is 335 g/mol. The van der Waals surface area contributed by atoms with Crippen LogP contribution in [0, 0.1) is 6.92 Å². The molecule has 0 amide bonds. The molecule has 0 aliphatic heterocycles. The standard InChI is InChI=1S/C21H22NOP/c1-17-11-9-10-16-21(17)18(2)22-24(23,19-12-5-3-6-13-19)20-14-7-4-8-15-20/h3-16,18H,1-2H3,(H,22,23)/t18-/m1/s1. The minimum Gasteiger partial charge on any atom is -0.297 e. The highest BCUT2D eigenvalue weighted by atomic mass is 31.2. The van der Waals surface area contributed by atoms with Crippen molar-refractivity contribution in [2.24, 2.45) is 0 Å². The zero-order chi connectivity index (χ0) is 17.0. The quantitative estimate of drug-likeness (QED) is 0.692. The van der Waals surface area contributed by atoms with Gasteiger partial charge >= 0.3 is 0 Å². The molecule has 0 aromatic heterocycles. The summed E-state index contributed by atoms with van der Waals surface area (Å²) in [6.07, 6.45) is 0. The molecule has 0 aliphatic rings. The number of benzene rings is 3. The molecule has 1 atom stereocenters. The average Bonchev–Trinajstić information content (AvgIpc) is 2.63. The van der Waals surface area contributed by atoms with Crippen LogP contribution < -0.4 is 15.7 Å². The Bertz CT molecular complexity index is 802. The molecule has 0 unspecified atom stereocenters. The summed E-state index contributed by atoms with van der Waals surface area (Å²) in [6.45, 7) is 4.16. The second-order valence-corrected chi connectivity index (χ2v) is 8.50. The maximum Gasteiger partial charge on any atom is 0.205 e. The predicted molar refractivity (Wildman–Crippen MR) is 102 cm³/mol. The van der Waals surface area contributed by atoms with Crippen molar-refractivity contribution in [3.63, 3.8) is 0 Å². The maximum absolute atomic E-state index is 14.0. The van der Waals surface area contributed by atoms with Gasteiger partial charge in [-0.05, 0) is 49.2 Å². The Balaban J connectivity index is 2.04. The molecule has 0 spiro atoms. The Kier molecular flexibility index (Phi) is 4.99. The largest absolute Gasteiger partial charge is 0.297 e. The number of hydrogen-bond acceptors (Lipinski definition) is 1. The van der Waals surface area contributed by atoms with Gasteiger partial charge in [0.1, 0.15) is 0 Å². The lowest BCUT2D eigenvalue weighted by atomic mass is 10.0. The fourth-order valence-electron chi connectivity index (χ4n) is 2.99. The van der Waals surface area contributed by atoms with Crippen LogP contribution in [0.4, 0.5) is 0 Å². The van der Waals surface area contributed by atoms with Crippen LogP contribution in [0.1, 0.15) is 24.1 Å². The van der Waals surface area contributed by atoms with E-state index >= 15 is 0 Å². The Morgan fingerprint density at radius 3 is 1.71 bits per heavy atom. The first kappa shape index (κ1) is 16.7. The summed E-state index contributed by atoms with van der Waals surface area (Å²) in [5, 5.41) is 5.10. The number of aryl methyl sites for hydroxylation is 1. The van der Waals surface area contributed by atoms with Gasteiger partial charge in [0.05, 0.1) is 0 Å². The molecule has 122 valence electrons. The summed E-state index contributed by atoms with van der Waals surface area (Å²) in [7, 11) is -2.92. The van der Waals surface area contributed by atoms with Crippen molar-refractivity contribution in [2.45, 2.75) is 19.9 Å². The Labute approximate surface area is 144 Å². The lowest BCUT2D eigenvalue weighted by molar-refractivity contribution is 0.568. The predicted octanol–water partition coefficient (Wildman–Crippen LogP) is 4.57. The Morgan fingerprint density at radius 1 is 0.750 bits per heavy atom. The topological polar surface area (TPSA) is 29.1 Å². The minimum atomic E-state index is -2.92. The summed E-state index contributed by atoms with van der Waals surface area (Å²) in [5.74, 6) is 0. The fraction of sp³-hybridized carbons (Fsp3) is 0.143. The van der Waals surface area contributed by atoms with E-state index in [-0.39, 0.29) is 6.04 Å². The van der Waals surface area contributed by atoms with Gasteiger partial charge in [-0.2, -0.15) is 0 Å². The third kappa shape index (κ3) is 3.36. The fourth-order valence-corrected chi connectivity index (χ4v) is 5.45. The summed E-state index contributed by atoms with van der Waals surface area (Å²) >= 11 is 0. The highest BCUT2D eigenvalue weighted by molar-refractivity contribution is 7.76. The summed E-state index contributed by atoms with van der Waals surface area (Å²) in [6, 6.07) is 27.6. The SMILES string of the molecule is Cc1ccccc1[C@@H](C)NP(=O)(c1ccccc1)c1ccccc1. The molecule has 3 heteroatoms. The maximum atomic E-state index is 14.0. The molecule has 3 aromatic rings. The van der Waals surface area contributed by atoms with Crippen molar-refractivity contribution in [1.82, 2.24) is 5.09 Å². The van der Waals surface area contributed by atoms with Gasteiger partial charge in [-0.3, -0.25) is 9.65 Å². The molecular formula is C21H22NOP.